The van der Waals surface area contributed by atoms with Gasteiger partial charge in [0.15, 0.2) is 5.65 Å². The second-order valence-corrected chi connectivity index (χ2v) is 9.16. The summed E-state index contributed by atoms with van der Waals surface area (Å²) < 4.78 is 3.24. The highest BCUT2D eigenvalue weighted by atomic mass is 16.2. The highest BCUT2D eigenvalue weighted by molar-refractivity contribution is 6.04. The van der Waals surface area contributed by atoms with Crippen LogP contribution in [0.1, 0.15) is 54.0 Å². The van der Waals surface area contributed by atoms with Crippen LogP contribution in [-0.4, -0.2) is 29.8 Å². The number of carbonyl (C=O) groups excluding carboxylic acids is 1. The largest absolute Gasteiger partial charge is 0.383 e. The Morgan fingerprint density at radius 2 is 1.79 bits per heavy atom. The number of pyridine rings is 2. The van der Waals surface area contributed by atoms with Crippen LogP contribution in [-0.2, 0) is 0 Å². The van der Waals surface area contributed by atoms with Gasteiger partial charge in [-0.3, -0.25) is 23.5 Å². The maximum atomic E-state index is 14.2. The van der Waals surface area contributed by atoms with Crippen molar-refractivity contribution in [1.82, 2.24) is 29.2 Å². The summed E-state index contributed by atoms with van der Waals surface area (Å²) in [4.78, 5) is 40.1. The predicted octanol–water partition coefficient (Wildman–Crippen LogP) is 4.93. The van der Waals surface area contributed by atoms with E-state index in [-0.39, 0.29) is 16.9 Å². The van der Waals surface area contributed by atoms with E-state index < -0.39 is 11.9 Å². The highest BCUT2D eigenvalue weighted by Crippen LogP contribution is 2.24. The van der Waals surface area contributed by atoms with Gasteiger partial charge in [-0.25, -0.2) is 9.97 Å². The van der Waals surface area contributed by atoms with Crippen LogP contribution in [0.2, 0.25) is 0 Å². The first-order valence-electron chi connectivity index (χ1n) is 13.6. The molecule has 0 saturated heterocycles. The molecule has 208 valence electrons. The average Bonchev–Trinajstić information content (AvgIpc) is 3.50. The topological polar surface area (TPSA) is 120 Å². The molecule has 9 heteroatoms. The van der Waals surface area contributed by atoms with Gasteiger partial charge in [0.2, 0.25) is 0 Å². The van der Waals surface area contributed by atoms with E-state index in [1.165, 1.54) is 6.33 Å². The van der Waals surface area contributed by atoms with Gasteiger partial charge in [0.1, 0.15) is 17.7 Å². The van der Waals surface area contributed by atoms with Crippen LogP contribution in [0.4, 0.5) is 5.82 Å². The molecule has 0 spiro atoms. The molecule has 4 heterocycles. The maximum Gasteiger partial charge on any atom is 0.264 e. The van der Waals surface area contributed by atoms with Gasteiger partial charge in [-0.1, -0.05) is 56.0 Å². The van der Waals surface area contributed by atoms with Gasteiger partial charge in [0.25, 0.3) is 11.5 Å². The number of carbonyl (C=O) groups is 1. The monoisotopic (exact) mass is 555 g/mol. The highest BCUT2D eigenvalue weighted by Gasteiger charge is 2.23. The minimum absolute atomic E-state index is 0.0687. The Morgan fingerprint density at radius 1 is 0.976 bits per heavy atom. The average molecular weight is 556 g/mol. The third kappa shape index (κ3) is 5.33. The van der Waals surface area contributed by atoms with Gasteiger partial charge in [0, 0.05) is 47.3 Å². The molecule has 0 radical (unpaired) electrons. The first-order valence-corrected chi connectivity index (χ1v) is 13.6. The number of hydrogen-bond acceptors (Lipinski definition) is 6. The lowest BCUT2D eigenvalue weighted by Gasteiger charge is -2.21. The summed E-state index contributed by atoms with van der Waals surface area (Å²) in [6.45, 7) is 5.82. The minimum Gasteiger partial charge on any atom is -0.383 e. The third-order valence-corrected chi connectivity index (χ3v) is 6.58. The quantitative estimate of drug-likeness (QED) is 0.298. The molecule has 0 aliphatic heterocycles. The van der Waals surface area contributed by atoms with Crippen molar-refractivity contribution in [3.63, 3.8) is 0 Å². The number of nitrogens with zero attached hydrogens (tertiary/aromatic N) is 5. The molecule has 0 aliphatic rings. The lowest BCUT2D eigenvalue weighted by molar-refractivity contribution is 0.0940. The van der Waals surface area contributed by atoms with Gasteiger partial charge in [-0.2, -0.15) is 0 Å². The summed E-state index contributed by atoms with van der Waals surface area (Å²) >= 11 is 0. The van der Waals surface area contributed by atoms with Crippen LogP contribution in [0.3, 0.4) is 0 Å². The maximum absolute atomic E-state index is 14.2. The lowest BCUT2D eigenvalue weighted by Crippen LogP contribution is -2.33. The molecule has 6 aromatic rings. The molecule has 6 rings (SSSR count). The number of nitrogens with two attached hydrogens (primary N) is 1. The molecule has 9 nitrogen and oxygen atoms in total. The van der Waals surface area contributed by atoms with Crippen LogP contribution < -0.4 is 16.6 Å². The van der Waals surface area contributed by atoms with Crippen molar-refractivity contribution in [1.29, 1.82) is 0 Å². The smallest absolute Gasteiger partial charge is 0.264 e. The number of amides is 1. The number of rotatable bonds is 4. The summed E-state index contributed by atoms with van der Waals surface area (Å²) in [6, 6.07) is 19.9. The zero-order valence-corrected chi connectivity index (χ0v) is 23.4. The van der Waals surface area contributed by atoms with Gasteiger partial charge in [-0.05, 0) is 48.7 Å². The lowest BCUT2D eigenvalue weighted by atomic mass is 10.0. The van der Waals surface area contributed by atoms with E-state index in [2.05, 4.69) is 32.1 Å². The van der Waals surface area contributed by atoms with Gasteiger partial charge < -0.3 is 11.1 Å². The van der Waals surface area contributed by atoms with Crippen LogP contribution in [0.15, 0.2) is 103 Å². The Morgan fingerprint density at radius 3 is 2.55 bits per heavy atom. The van der Waals surface area contributed by atoms with Gasteiger partial charge in [0.05, 0.1) is 11.4 Å². The van der Waals surface area contributed by atoms with Crippen molar-refractivity contribution in [3.8, 4) is 17.5 Å². The van der Waals surface area contributed by atoms with Gasteiger partial charge >= 0.3 is 0 Å². The molecular formula is C33H29N7O2. The van der Waals surface area contributed by atoms with Crippen LogP contribution >= 0.6 is 0 Å². The summed E-state index contributed by atoms with van der Waals surface area (Å²) in [7, 11) is 0. The molecule has 0 bridgehead atoms. The molecule has 3 N–H and O–H groups in total. The molecule has 2 aromatic carbocycles. The van der Waals surface area contributed by atoms with Crippen molar-refractivity contribution >= 4 is 28.1 Å². The number of benzene rings is 2. The van der Waals surface area contributed by atoms with Crippen molar-refractivity contribution < 1.29 is 4.79 Å². The summed E-state index contributed by atoms with van der Waals surface area (Å²) in [5, 5.41) is 4.19. The summed E-state index contributed by atoms with van der Waals surface area (Å²) in [6.07, 6.45) is 8.12. The SMILES string of the molecule is CC.CC(NC(=O)c1c(N)ncn2ccnc12)c1cc2cccc(C#Cc3cccnc3)c2c(=O)n1-c1ccccc1. The second-order valence-electron chi connectivity index (χ2n) is 9.16. The predicted molar refractivity (Wildman–Crippen MR) is 164 cm³/mol. The number of para-hydroxylation sites is 1. The Balaban J connectivity index is 0.00000173. The standard InChI is InChI=1S/C31H23N7O2.C2H6/c1-20(36-30(39)27-28(32)35-19-37-16-15-34-29(27)37)25-17-23-9-5-8-22(13-12-21-7-6-14-33-18-21)26(23)31(40)38(25)24-10-3-2-4-11-24;1-2/h2-11,14-20H,32H2,1H3,(H,36,39);1-2H3. The van der Waals surface area contributed by atoms with E-state index in [1.54, 1.807) is 33.8 Å². The summed E-state index contributed by atoms with van der Waals surface area (Å²) in [5.74, 6) is 5.86. The van der Waals surface area contributed by atoms with Crippen LogP contribution in [0.5, 0.6) is 0 Å². The fourth-order valence-corrected chi connectivity index (χ4v) is 4.69. The first kappa shape index (κ1) is 27.8. The zero-order chi connectivity index (χ0) is 29.6. The number of fused-ring (bicyclic) bond motifs is 2. The number of imidazole rings is 1. The fraction of sp³-hybridized carbons (Fsp3) is 0.121. The van der Waals surface area contributed by atoms with Crippen LogP contribution in [0.25, 0.3) is 22.1 Å². The van der Waals surface area contributed by atoms with E-state index in [4.69, 9.17) is 5.73 Å². The zero-order valence-electron chi connectivity index (χ0n) is 23.4. The van der Waals surface area contributed by atoms with E-state index in [1.807, 2.05) is 87.5 Å². The van der Waals surface area contributed by atoms with E-state index in [0.717, 1.165) is 5.56 Å². The molecule has 42 heavy (non-hydrogen) atoms. The fourth-order valence-electron chi connectivity index (χ4n) is 4.69. The second kappa shape index (κ2) is 12.2. The number of hydrogen-bond donors (Lipinski definition) is 2. The van der Waals surface area contributed by atoms with Gasteiger partial charge in [-0.15, -0.1) is 0 Å². The Labute approximate surface area is 242 Å². The molecule has 0 fully saturated rings. The number of aromatic nitrogens is 5. The van der Waals surface area contributed by atoms with Crippen LogP contribution in [0, 0.1) is 11.8 Å². The van der Waals surface area contributed by atoms with E-state index >= 15 is 0 Å². The molecule has 4 aromatic heterocycles. The summed E-state index contributed by atoms with van der Waals surface area (Å²) in [5.41, 5.74) is 9.00. The Kier molecular flexibility index (Phi) is 8.07. The number of anilines is 1. The Bertz CT molecular complexity index is 2000. The molecule has 0 aliphatic carbocycles. The van der Waals surface area contributed by atoms with E-state index in [0.29, 0.717) is 33.4 Å². The molecule has 1 unspecified atom stereocenters. The Hall–Kier alpha value is -5.75. The van der Waals surface area contributed by atoms with Crippen molar-refractivity contribution in [2.45, 2.75) is 26.8 Å². The first-order chi connectivity index (χ1) is 20.5. The molecule has 1 atom stereocenters. The number of nitrogen functional groups attached to an aromatic ring is 1. The van der Waals surface area contributed by atoms with Crippen molar-refractivity contribution in [3.05, 3.63) is 131 Å². The van der Waals surface area contributed by atoms with E-state index in [9.17, 15) is 9.59 Å². The molecular weight excluding hydrogens is 526 g/mol. The van der Waals surface area contributed by atoms with Crippen molar-refractivity contribution in [2.24, 2.45) is 0 Å². The molecule has 0 saturated carbocycles. The van der Waals surface area contributed by atoms with Crippen molar-refractivity contribution in [2.75, 3.05) is 5.73 Å². The normalized spacial score (nSPS) is 11.2. The third-order valence-electron chi connectivity index (χ3n) is 6.58. The minimum atomic E-state index is -0.579. The molecule has 1 amide bonds. The number of nitrogens with one attached hydrogen (secondary N) is 1.